The van der Waals surface area contributed by atoms with E-state index >= 15 is 0 Å². The Labute approximate surface area is 200 Å². The van der Waals surface area contributed by atoms with E-state index in [2.05, 4.69) is 0 Å². The standard InChI is InChI=1S/C25H20ClFN2O3S/c1-32-20-9-10-22-21(14-20)25(24(31)28(22)15-16-5-7-19(27)8-6-16)29(11-12-33-25)23(30)17-3-2-4-18(26)13-17/h2-10,13-14H,11-12,15H2,1H3. The third-order valence-corrected chi connectivity index (χ3v) is 7.63. The minimum Gasteiger partial charge on any atom is -0.497 e. The van der Waals surface area contributed by atoms with Crippen LogP contribution in [0.5, 0.6) is 5.75 Å². The number of ether oxygens (including phenoxy) is 1. The van der Waals surface area contributed by atoms with Gasteiger partial charge in [0.2, 0.25) is 0 Å². The van der Waals surface area contributed by atoms with Crippen molar-refractivity contribution >= 4 is 40.9 Å². The van der Waals surface area contributed by atoms with Crippen LogP contribution < -0.4 is 9.64 Å². The Kier molecular flexibility index (Phi) is 5.54. The monoisotopic (exact) mass is 482 g/mol. The molecule has 3 aromatic rings. The second-order valence-electron chi connectivity index (χ2n) is 7.86. The fourth-order valence-corrected chi connectivity index (χ4v) is 6.07. The lowest BCUT2D eigenvalue weighted by Crippen LogP contribution is -2.50. The number of hydrogen-bond donors (Lipinski definition) is 0. The highest BCUT2D eigenvalue weighted by Gasteiger charge is 2.59. The fourth-order valence-electron chi connectivity index (χ4n) is 4.43. The van der Waals surface area contributed by atoms with Gasteiger partial charge in [-0.1, -0.05) is 29.8 Å². The van der Waals surface area contributed by atoms with Crippen LogP contribution in [0.4, 0.5) is 10.1 Å². The van der Waals surface area contributed by atoms with Gasteiger partial charge in [-0.2, -0.15) is 0 Å². The first kappa shape index (κ1) is 21.8. The lowest BCUT2D eigenvalue weighted by atomic mass is 10.0. The van der Waals surface area contributed by atoms with Crippen molar-refractivity contribution in [2.75, 3.05) is 24.3 Å². The smallest absolute Gasteiger partial charge is 0.268 e. The molecule has 1 atom stereocenters. The quantitative estimate of drug-likeness (QED) is 0.520. The molecule has 0 saturated carbocycles. The molecule has 1 saturated heterocycles. The molecule has 2 aliphatic heterocycles. The van der Waals surface area contributed by atoms with E-state index in [4.69, 9.17) is 16.3 Å². The molecule has 0 radical (unpaired) electrons. The predicted molar refractivity (Wildman–Crippen MR) is 127 cm³/mol. The molecule has 33 heavy (non-hydrogen) atoms. The van der Waals surface area contributed by atoms with Crippen molar-refractivity contribution in [2.24, 2.45) is 0 Å². The van der Waals surface area contributed by atoms with Crippen LogP contribution in [0, 0.1) is 5.82 Å². The van der Waals surface area contributed by atoms with Crippen LogP contribution in [0.15, 0.2) is 66.7 Å². The van der Waals surface area contributed by atoms with Gasteiger partial charge in [0.15, 0.2) is 4.87 Å². The van der Waals surface area contributed by atoms with E-state index in [0.717, 1.165) is 5.56 Å². The molecule has 2 amide bonds. The Morgan fingerprint density at radius 1 is 1.15 bits per heavy atom. The number of halogens is 2. The predicted octanol–water partition coefficient (Wildman–Crippen LogP) is 5.08. The third-order valence-electron chi connectivity index (χ3n) is 5.97. The molecule has 0 bridgehead atoms. The van der Waals surface area contributed by atoms with Crippen LogP contribution >= 0.6 is 23.4 Å². The van der Waals surface area contributed by atoms with Gasteiger partial charge in [0, 0.05) is 28.4 Å². The highest BCUT2D eigenvalue weighted by molar-refractivity contribution is 8.01. The van der Waals surface area contributed by atoms with E-state index in [-0.39, 0.29) is 24.2 Å². The van der Waals surface area contributed by atoms with Crippen molar-refractivity contribution in [1.82, 2.24) is 4.90 Å². The zero-order valence-electron chi connectivity index (χ0n) is 17.8. The molecule has 168 valence electrons. The topological polar surface area (TPSA) is 49.9 Å². The van der Waals surface area contributed by atoms with E-state index in [1.807, 2.05) is 12.1 Å². The number of benzene rings is 3. The molecule has 3 aromatic carbocycles. The minimum absolute atomic E-state index is 0.201. The summed E-state index contributed by atoms with van der Waals surface area (Å²) >= 11 is 7.57. The zero-order chi connectivity index (χ0) is 23.2. The first-order chi connectivity index (χ1) is 15.9. The first-order valence-electron chi connectivity index (χ1n) is 10.4. The Balaban J connectivity index is 1.61. The molecule has 5 rings (SSSR count). The Hall–Kier alpha value is -3.03. The molecule has 1 spiro atoms. The van der Waals surface area contributed by atoms with Gasteiger partial charge in [0.25, 0.3) is 11.8 Å². The summed E-state index contributed by atoms with van der Waals surface area (Å²) in [5, 5.41) is 0.458. The molecule has 0 N–H and O–H groups in total. The lowest BCUT2D eigenvalue weighted by Gasteiger charge is -2.33. The molecule has 2 aliphatic rings. The van der Waals surface area contributed by atoms with Gasteiger partial charge in [0.1, 0.15) is 11.6 Å². The van der Waals surface area contributed by atoms with E-state index < -0.39 is 4.87 Å². The summed E-state index contributed by atoms with van der Waals surface area (Å²) < 4.78 is 18.9. The number of anilines is 1. The number of carbonyl (C=O) groups is 2. The summed E-state index contributed by atoms with van der Waals surface area (Å²) in [7, 11) is 1.57. The van der Waals surface area contributed by atoms with Gasteiger partial charge in [-0.05, 0) is 54.1 Å². The summed E-state index contributed by atoms with van der Waals surface area (Å²) in [6, 6.07) is 18.3. The highest BCUT2D eigenvalue weighted by atomic mass is 35.5. The molecule has 8 heteroatoms. The second-order valence-corrected chi connectivity index (χ2v) is 9.58. The highest BCUT2D eigenvalue weighted by Crippen LogP contribution is 2.55. The van der Waals surface area contributed by atoms with E-state index in [9.17, 15) is 14.0 Å². The zero-order valence-corrected chi connectivity index (χ0v) is 19.3. The summed E-state index contributed by atoms with van der Waals surface area (Å²) in [4.78, 5) is 29.7. The summed E-state index contributed by atoms with van der Waals surface area (Å²) in [5.74, 6) is 0.421. The Morgan fingerprint density at radius 2 is 1.94 bits per heavy atom. The third kappa shape index (κ3) is 3.56. The molecule has 2 heterocycles. The van der Waals surface area contributed by atoms with E-state index in [0.29, 0.717) is 39.9 Å². The van der Waals surface area contributed by atoms with Gasteiger partial charge >= 0.3 is 0 Å². The minimum atomic E-state index is -1.21. The van der Waals surface area contributed by atoms with Crippen LogP contribution in [-0.2, 0) is 16.2 Å². The number of methoxy groups -OCH3 is 1. The van der Waals surface area contributed by atoms with E-state index in [1.165, 1.54) is 23.9 Å². The second kappa shape index (κ2) is 8.39. The molecular formula is C25H20ClFN2O3S. The molecular weight excluding hydrogens is 463 g/mol. The molecule has 5 nitrogen and oxygen atoms in total. The van der Waals surface area contributed by atoms with Crippen molar-refractivity contribution in [3.63, 3.8) is 0 Å². The summed E-state index contributed by atoms with van der Waals surface area (Å²) in [6.07, 6.45) is 0. The maximum atomic E-state index is 14.0. The normalized spacial score (nSPS) is 19.3. The Bertz CT molecular complexity index is 1250. The number of rotatable bonds is 4. The number of carbonyl (C=O) groups excluding carboxylic acids is 2. The van der Waals surface area contributed by atoms with Crippen molar-refractivity contribution in [3.8, 4) is 5.75 Å². The van der Waals surface area contributed by atoms with Crippen LogP contribution in [-0.4, -0.2) is 36.1 Å². The largest absolute Gasteiger partial charge is 0.497 e. The fraction of sp³-hybridized carbons (Fsp3) is 0.200. The maximum Gasteiger partial charge on any atom is 0.268 e. The number of amides is 2. The van der Waals surface area contributed by atoms with Crippen molar-refractivity contribution in [2.45, 2.75) is 11.4 Å². The van der Waals surface area contributed by atoms with Gasteiger partial charge in [-0.3, -0.25) is 9.59 Å². The summed E-state index contributed by atoms with van der Waals surface area (Å²) in [5.41, 5.74) is 2.65. The average molecular weight is 483 g/mol. The average Bonchev–Trinajstić information content (AvgIpc) is 3.36. The van der Waals surface area contributed by atoms with Gasteiger partial charge in [-0.25, -0.2) is 4.39 Å². The van der Waals surface area contributed by atoms with Crippen molar-refractivity contribution in [1.29, 1.82) is 0 Å². The van der Waals surface area contributed by atoms with Gasteiger partial charge < -0.3 is 14.5 Å². The molecule has 1 fully saturated rings. The maximum absolute atomic E-state index is 14.0. The van der Waals surface area contributed by atoms with Crippen LogP contribution in [0.2, 0.25) is 5.02 Å². The number of fused-ring (bicyclic) bond motifs is 2. The van der Waals surface area contributed by atoms with Crippen LogP contribution in [0.1, 0.15) is 21.5 Å². The van der Waals surface area contributed by atoms with Gasteiger partial charge in [-0.15, -0.1) is 11.8 Å². The Morgan fingerprint density at radius 3 is 2.67 bits per heavy atom. The van der Waals surface area contributed by atoms with Crippen molar-refractivity contribution < 1.29 is 18.7 Å². The SMILES string of the molecule is COc1ccc2c(c1)C1(SCCN1C(=O)c1cccc(Cl)c1)C(=O)N2Cc1ccc(F)cc1. The molecule has 0 aromatic heterocycles. The number of thioether (sulfide) groups is 1. The lowest BCUT2D eigenvalue weighted by molar-refractivity contribution is -0.123. The number of hydrogen-bond acceptors (Lipinski definition) is 4. The van der Waals surface area contributed by atoms with Crippen LogP contribution in [0.25, 0.3) is 0 Å². The van der Waals surface area contributed by atoms with Crippen LogP contribution in [0.3, 0.4) is 0 Å². The first-order valence-corrected chi connectivity index (χ1v) is 11.8. The summed E-state index contributed by atoms with van der Waals surface area (Å²) in [6.45, 7) is 0.683. The number of nitrogens with zero attached hydrogens (tertiary/aromatic N) is 2. The van der Waals surface area contributed by atoms with E-state index in [1.54, 1.807) is 59.4 Å². The molecule has 1 unspecified atom stereocenters. The van der Waals surface area contributed by atoms with Gasteiger partial charge in [0.05, 0.1) is 19.3 Å². The van der Waals surface area contributed by atoms with Crippen molar-refractivity contribution in [3.05, 3.63) is 94.3 Å². The molecule has 0 aliphatic carbocycles.